The van der Waals surface area contributed by atoms with Crippen molar-refractivity contribution in [3.8, 4) is 0 Å². The lowest BCUT2D eigenvalue weighted by Gasteiger charge is -2.25. The van der Waals surface area contributed by atoms with Crippen LogP contribution in [0.2, 0.25) is 5.02 Å². The molecule has 0 aliphatic rings. The summed E-state index contributed by atoms with van der Waals surface area (Å²) >= 11 is 5.98. The van der Waals surface area contributed by atoms with Gasteiger partial charge < -0.3 is 5.32 Å². The molecule has 1 unspecified atom stereocenters. The van der Waals surface area contributed by atoms with Crippen LogP contribution in [0.4, 0.5) is 5.69 Å². The van der Waals surface area contributed by atoms with Gasteiger partial charge in [-0.3, -0.25) is 9.10 Å². The average molecular weight is 409 g/mol. The Hall–Kier alpha value is -2.05. The van der Waals surface area contributed by atoms with Gasteiger partial charge in [-0.15, -0.1) is 0 Å². The molecule has 2 aromatic rings. The van der Waals surface area contributed by atoms with Gasteiger partial charge in [0.1, 0.15) is 6.54 Å². The van der Waals surface area contributed by atoms with Gasteiger partial charge in [-0.2, -0.15) is 0 Å². The molecule has 0 aliphatic heterocycles. The number of nitrogens with zero attached hydrogens (tertiary/aromatic N) is 1. The number of hydrogen-bond acceptors (Lipinski definition) is 3. The molecule has 0 fully saturated rings. The van der Waals surface area contributed by atoms with Crippen LogP contribution < -0.4 is 9.62 Å². The molecule has 1 amide bonds. The topological polar surface area (TPSA) is 66.5 Å². The number of carbonyl (C=O) groups is 1. The van der Waals surface area contributed by atoms with Crippen LogP contribution in [0.5, 0.6) is 0 Å². The Morgan fingerprint density at radius 2 is 1.78 bits per heavy atom. The lowest BCUT2D eigenvalue weighted by molar-refractivity contribution is -0.120. The van der Waals surface area contributed by atoms with Crippen LogP contribution in [0.15, 0.2) is 54.6 Å². The molecule has 0 radical (unpaired) electrons. The van der Waals surface area contributed by atoms with E-state index in [0.717, 1.165) is 22.5 Å². The third kappa shape index (κ3) is 6.56. The summed E-state index contributed by atoms with van der Waals surface area (Å²) in [7, 11) is -3.64. The summed E-state index contributed by atoms with van der Waals surface area (Å²) in [6.45, 7) is 3.86. The van der Waals surface area contributed by atoms with E-state index in [1.54, 1.807) is 18.2 Å². The summed E-state index contributed by atoms with van der Waals surface area (Å²) in [6, 6.07) is 15.9. The Morgan fingerprint density at radius 3 is 2.33 bits per heavy atom. The fraction of sp³-hybridized carbons (Fsp3) is 0.350. The first kappa shape index (κ1) is 21.3. The molecule has 0 aliphatic carbocycles. The van der Waals surface area contributed by atoms with E-state index in [2.05, 4.69) is 19.2 Å². The summed E-state index contributed by atoms with van der Waals surface area (Å²) in [5, 5.41) is 3.38. The van der Waals surface area contributed by atoms with Gasteiger partial charge in [0.05, 0.1) is 18.0 Å². The number of rotatable bonds is 8. The van der Waals surface area contributed by atoms with Crippen molar-refractivity contribution in [3.05, 3.63) is 65.2 Å². The summed E-state index contributed by atoms with van der Waals surface area (Å²) in [5.41, 5.74) is 1.36. The highest BCUT2D eigenvalue weighted by atomic mass is 35.5. The van der Waals surface area contributed by atoms with E-state index in [0.29, 0.717) is 16.6 Å². The number of anilines is 1. The molecule has 27 heavy (non-hydrogen) atoms. The normalized spacial score (nSPS) is 12.6. The van der Waals surface area contributed by atoms with Crippen molar-refractivity contribution >= 4 is 33.2 Å². The van der Waals surface area contributed by atoms with Gasteiger partial charge in [-0.05, 0) is 36.1 Å². The number of halogens is 1. The number of hydrogen-bond donors (Lipinski definition) is 1. The van der Waals surface area contributed by atoms with Crippen LogP contribution in [0.1, 0.15) is 31.9 Å². The molecular weight excluding hydrogens is 384 g/mol. The van der Waals surface area contributed by atoms with E-state index >= 15 is 0 Å². The maximum atomic E-state index is 12.7. The van der Waals surface area contributed by atoms with E-state index in [-0.39, 0.29) is 18.5 Å². The number of carbonyl (C=O) groups excluding carboxylic acids is 1. The maximum absolute atomic E-state index is 12.7. The predicted molar refractivity (Wildman–Crippen MR) is 110 cm³/mol. The van der Waals surface area contributed by atoms with Crippen molar-refractivity contribution in [3.63, 3.8) is 0 Å². The monoisotopic (exact) mass is 408 g/mol. The second-order valence-electron chi connectivity index (χ2n) is 6.91. The lowest BCUT2D eigenvalue weighted by Crippen LogP contribution is -2.41. The zero-order valence-electron chi connectivity index (χ0n) is 15.7. The lowest BCUT2D eigenvalue weighted by atomic mass is 9.97. The standard InChI is InChI=1S/C20H25ClN2O3S/c1-15(2)12-19(16-8-5-4-6-9-16)22-20(24)14-23(27(3,25)26)18-11-7-10-17(21)13-18/h4-11,13,15,19H,12,14H2,1-3H3,(H,22,24). The van der Waals surface area contributed by atoms with E-state index in [1.165, 1.54) is 6.07 Å². The molecular formula is C20H25ClN2O3S. The second kappa shape index (κ2) is 9.24. The molecule has 0 aromatic heterocycles. The Balaban J connectivity index is 2.21. The molecule has 5 nitrogen and oxygen atoms in total. The van der Waals surface area contributed by atoms with E-state index in [1.807, 2.05) is 30.3 Å². The van der Waals surface area contributed by atoms with E-state index in [9.17, 15) is 13.2 Å². The van der Waals surface area contributed by atoms with Crippen molar-refractivity contribution in [1.29, 1.82) is 0 Å². The van der Waals surface area contributed by atoms with E-state index < -0.39 is 10.0 Å². The summed E-state index contributed by atoms with van der Waals surface area (Å²) in [6.07, 6.45) is 1.83. The molecule has 7 heteroatoms. The van der Waals surface area contributed by atoms with Gasteiger partial charge in [-0.1, -0.05) is 61.8 Å². The van der Waals surface area contributed by atoms with Crippen molar-refractivity contribution in [2.75, 3.05) is 17.1 Å². The molecule has 1 N–H and O–H groups in total. The maximum Gasteiger partial charge on any atom is 0.241 e. The first-order valence-corrected chi connectivity index (χ1v) is 11.0. The van der Waals surface area contributed by atoms with Crippen LogP contribution in [-0.4, -0.2) is 27.1 Å². The highest BCUT2D eigenvalue weighted by molar-refractivity contribution is 7.92. The highest BCUT2D eigenvalue weighted by Crippen LogP contribution is 2.23. The van der Waals surface area contributed by atoms with Gasteiger partial charge >= 0.3 is 0 Å². The molecule has 0 saturated heterocycles. The van der Waals surface area contributed by atoms with Crippen molar-refractivity contribution in [1.82, 2.24) is 5.32 Å². The fourth-order valence-corrected chi connectivity index (χ4v) is 3.87. The fourth-order valence-electron chi connectivity index (χ4n) is 2.84. The summed E-state index contributed by atoms with van der Waals surface area (Å²) in [5.74, 6) is 0.00403. The number of amides is 1. The quantitative estimate of drug-likeness (QED) is 0.717. The zero-order valence-corrected chi connectivity index (χ0v) is 17.3. The van der Waals surface area contributed by atoms with Crippen LogP contribution in [0.25, 0.3) is 0 Å². The average Bonchev–Trinajstić information content (AvgIpc) is 2.58. The minimum absolute atomic E-state index is 0.181. The third-order valence-corrected chi connectivity index (χ3v) is 5.40. The van der Waals surface area contributed by atoms with Gasteiger partial charge in [-0.25, -0.2) is 8.42 Å². The Bertz CT molecular complexity index is 870. The minimum Gasteiger partial charge on any atom is -0.348 e. The first-order valence-electron chi connectivity index (χ1n) is 8.74. The number of sulfonamides is 1. The molecule has 0 heterocycles. The Labute approximate surface area is 166 Å². The van der Waals surface area contributed by atoms with Gasteiger partial charge in [0.15, 0.2) is 0 Å². The SMILES string of the molecule is CC(C)CC(NC(=O)CN(c1cccc(Cl)c1)S(C)(=O)=O)c1ccccc1. The van der Waals surface area contributed by atoms with Crippen molar-refractivity contribution in [2.45, 2.75) is 26.3 Å². The number of nitrogens with one attached hydrogen (secondary N) is 1. The molecule has 0 saturated carbocycles. The highest BCUT2D eigenvalue weighted by Gasteiger charge is 2.23. The molecule has 0 spiro atoms. The molecule has 1 atom stereocenters. The smallest absolute Gasteiger partial charge is 0.241 e. The van der Waals surface area contributed by atoms with Gasteiger partial charge in [0, 0.05) is 5.02 Å². The van der Waals surface area contributed by atoms with Gasteiger partial charge in [0.2, 0.25) is 15.9 Å². The van der Waals surface area contributed by atoms with Crippen molar-refractivity contribution < 1.29 is 13.2 Å². The Kier molecular flexibility index (Phi) is 7.27. The zero-order chi connectivity index (χ0) is 20.0. The first-order chi connectivity index (χ1) is 12.7. The molecule has 146 valence electrons. The number of benzene rings is 2. The van der Waals surface area contributed by atoms with Gasteiger partial charge in [0.25, 0.3) is 0 Å². The van der Waals surface area contributed by atoms with E-state index in [4.69, 9.17) is 11.6 Å². The second-order valence-corrected chi connectivity index (χ2v) is 9.25. The largest absolute Gasteiger partial charge is 0.348 e. The molecule has 2 rings (SSSR count). The summed E-state index contributed by atoms with van der Waals surface area (Å²) < 4.78 is 25.5. The van der Waals surface area contributed by atoms with Crippen LogP contribution in [-0.2, 0) is 14.8 Å². The van der Waals surface area contributed by atoms with Crippen LogP contribution in [0.3, 0.4) is 0 Å². The predicted octanol–water partition coefficient (Wildman–Crippen LogP) is 4.01. The molecule has 0 bridgehead atoms. The third-order valence-electron chi connectivity index (χ3n) is 4.03. The summed E-state index contributed by atoms with van der Waals surface area (Å²) in [4.78, 5) is 12.7. The van der Waals surface area contributed by atoms with Crippen LogP contribution in [0, 0.1) is 5.92 Å². The van der Waals surface area contributed by atoms with Crippen LogP contribution >= 0.6 is 11.6 Å². The Morgan fingerprint density at radius 1 is 1.11 bits per heavy atom. The molecule has 2 aromatic carbocycles. The minimum atomic E-state index is -3.64. The van der Waals surface area contributed by atoms with Crippen molar-refractivity contribution in [2.24, 2.45) is 5.92 Å².